The molecule has 2 saturated carbocycles. The van der Waals surface area contributed by atoms with Crippen molar-refractivity contribution in [3.63, 3.8) is 0 Å². The third-order valence-electron chi connectivity index (χ3n) is 5.92. The van der Waals surface area contributed by atoms with Crippen LogP contribution in [0.15, 0.2) is 30.3 Å². The summed E-state index contributed by atoms with van der Waals surface area (Å²) in [6.45, 7) is 2.17. The number of piperidine rings is 1. The molecule has 1 saturated heterocycles. The lowest BCUT2D eigenvalue weighted by Gasteiger charge is -2.24. The van der Waals surface area contributed by atoms with Crippen LogP contribution < -0.4 is 10.6 Å². The second-order valence-corrected chi connectivity index (χ2v) is 7.51. The van der Waals surface area contributed by atoms with E-state index >= 15 is 0 Å². The van der Waals surface area contributed by atoms with Gasteiger partial charge in [0.15, 0.2) is 0 Å². The van der Waals surface area contributed by atoms with Gasteiger partial charge < -0.3 is 10.6 Å². The quantitative estimate of drug-likeness (QED) is 0.869. The van der Waals surface area contributed by atoms with E-state index in [2.05, 4.69) is 41.0 Å². The van der Waals surface area contributed by atoms with Crippen LogP contribution in [0.1, 0.15) is 37.7 Å². The van der Waals surface area contributed by atoms with Gasteiger partial charge in [0.2, 0.25) is 5.91 Å². The smallest absolute Gasteiger partial charge is 0.223 e. The molecule has 2 aliphatic carbocycles. The fourth-order valence-electron chi connectivity index (χ4n) is 4.18. The second kappa shape index (κ2) is 6.82. The zero-order valence-corrected chi connectivity index (χ0v) is 14.4. The molecule has 1 aliphatic heterocycles. The predicted octanol–water partition coefficient (Wildman–Crippen LogP) is 2.94. The van der Waals surface area contributed by atoms with Crippen molar-refractivity contribution in [2.75, 3.05) is 13.1 Å². The summed E-state index contributed by atoms with van der Waals surface area (Å²) in [6.07, 6.45) is 7.01. The highest BCUT2D eigenvalue weighted by Crippen LogP contribution is 2.58. The molecule has 3 fully saturated rings. The Balaban J connectivity index is 0.00000156. The van der Waals surface area contributed by atoms with Gasteiger partial charge in [0.1, 0.15) is 0 Å². The first-order chi connectivity index (χ1) is 10.8. The zero-order valence-electron chi connectivity index (χ0n) is 13.6. The Morgan fingerprint density at radius 3 is 2.57 bits per heavy atom. The Kier molecular flexibility index (Phi) is 4.98. The maximum absolute atomic E-state index is 12.7. The highest BCUT2D eigenvalue weighted by atomic mass is 35.5. The van der Waals surface area contributed by atoms with E-state index < -0.39 is 0 Å². The van der Waals surface area contributed by atoms with E-state index in [9.17, 15) is 4.79 Å². The van der Waals surface area contributed by atoms with Crippen molar-refractivity contribution in [3.05, 3.63) is 35.9 Å². The number of carbonyl (C=O) groups is 1. The van der Waals surface area contributed by atoms with Crippen LogP contribution in [0.4, 0.5) is 0 Å². The number of halogens is 1. The molecular formula is C19H27ClN2O. The Morgan fingerprint density at radius 2 is 1.91 bits per heavy atom. The Morgan fingerprint density at radius 1 is 1.22 bits per heavy atom. The van der Waals surface area contributed by atoms with Gasteiger partial charge in [0.25, 0.3) is 0 Å². The summed E-state index contributed by atoms with van der Waals surface area (Å²) >= 11 is 0. The van der Waals surface area contributed by atoms with Crippen molar-refractivity contribution in [2.24, 2.45) is 17.3 Å². The number of hydrogen-bond donors (Lipinski definition) is 2. The third kappa shape index (κ3) is 3.72. The number of benzene rings is 1. The van der Waals surface area contributed by atoms with E-state index in [0.29, 0.717) is 23.3 Å². The molecule has 126 valence electrons. The van der Waals surface area contributed by atoms with Gasteiger partial charge in [-0.1, -0.05) is 30.3 Å². The van der Waals surface area contributed by atoms with E-state index in [-0.39, 0.29) is 18.3 Å². The van der Waals surface area contributed by atoms with Gasteiger partial charge in [0.05, 0.1) is 0 Å². The van der Waals surface area contributed by atoms with E-state index in [1.54, 1.807) is 0 Å². The van der Waals surface area contributed by atoms with Crippen LogP contribution in [0.3, 0.4) is 0 Å². The first-order valence-corrected chi connectivity index (χ1v) is 8.82. The number of amides is 1. The second-order valence-electron chi connectivity index (χ2n) is 7.51. The highest BCUT2D eigenvalue weighted by Gasteiger charge is 2.58. The number of carbonyl (C=O) groups excluding carboxylic acids is 1. The minimum Gasteiger partial charge on any atom is -0.353 e. The molecule has 0 aromatic heterocycles. The summed E-state index contributed by atoms with van der Waals surface area (Å²) in [6, 6.07) is 10.9. The van der Waals surface area contributed by atoms with Crippen LogP contribution in [0.25, 0.3) is 0 Å². The number of rotatable bonds is 5. The molecule has 4 rings (SSSR count). The van der Waals surface area contributed by atoms with Crippen LogP contribution in [0.2, 0.25) is 0 Å². The van der Waals surface area contributed by atoms with Crippen LogP contribution in [0, 0.1) is 17.3 Å². The maximum Gasteiger partial charge on any atom is 0.223 e. The summed E-state index contributed by atoms with van der Waals surface area (Å²) in [4.78, 5) is 12.7. The molecule has 1 aromatic carbocycles. The van der Waals surface area contributed by atoms with Crippen LogP contribution >= 0.6 is 12.4 Å². The summed E-state index contributed by atoms with van der Waals surface area (Å²) in [7, 11) is 0. The van der Waals surface area contributed by atoms with Gasteiger partial charge in [-0.15, -0.1) is 12.4 Å². The summed E-state index contributed by atoms with van der Waals surface area (Å²) in [5.74, 6) is 1.31. The summed E-state index contributed by atoms with van der Waals surface area (Å²) < 4.78 is 0. The van der Waals surface area contributed by atoms with Crippen LogP contribution in [-0.2, 0) is 11.2 Å². The molecule has 2 N–H and O–H groups in total. The fourth-order valence-corrected chi connectivity index (χ4v) is 4.18. The summed E-state index contributed by atoms with van der Waals surface area (Å²) in [5, 5.41) is 6.81. The van der Waals surface area contributed by atoms with Gasteiger partial charge in [0, 0.05) is 12.0 Å². The minimum atomic E-state index is 0. The fraction of sp³-hybridized carbons (Fsp3) is 0.632. The molecule has 3 nitrogen and oxygen atoms in total. The largest absolute Gasteiger partial charge is 0.353 e. The van der Waals surface area contributed by atoms with E-state index in [1.807, 2.05) is 0 Å². The molecule has 0 bridgehead atoms. The Hall–Kier alpha value is -1.06. The zero-order chi connectivity index (χ0) is 15.0. The van der Waals surface area contributed by atoms with E-state index in [0.717, 1.165) is 25.9 Å². The molecule has 1 amide bonds. The van der Waals surface area contributed by atoms with Gasteiger partial charge in [-0.05, 0) is 68.5 Å². The Labute approximate surface area is 145 Å². The maximum atomic E-state index is 12.7. The molecule has 1 heterocycles. The van der Waals surface area contributed by atoms with Crippen LogP contribution in [0.5, 0.6) is 0 Å². The van der Waals surface area contributed by atoms with Gasteiger partial charge >= 0.3 is 0 Å². The van der Waals surface area contributed by atoms with Gasteiger partial charge in [-0.2, -0.15) is 0 Å². The topological polar surface area (TPSA) is 41.1 Å². The first kappa shape index (κ1) is 16.8. The lowest BCUT2D eigenvalue weighted by Crippen LogP contribution is -2.41. The van der Waals surface area contributed by atoms with Gasteiger partial charge in [-0.3, -0.25) is 4.79 Å². The minimum absolute atomic E-state index is 0. The average molecular weight is 335 g/mol. The molecule has 2 unspecified atom stereocenters. The predicted molar refractivity (Wildman–Crippen MR) is 94.7 cm³/mol. The van der Waals surface area contributed by atoms with Crippen molar-refractivity contribution in [2.45, 2.75) is 44.6 Å². The van der Waals surface area contributed by atoms with E-state index in [4.69, 9.17) is 0 Å². The molecule has 1 spiro atoms. The molecule has 2 atom stereocenters. The van der Waals surface area contributed by atoms with Crippen molar-refractivity contribution < 1.29 is 4.79 Å². The highest BCUT2D eigenvalue weighted by molar-refractivity contribution is 5.85. The van der Waals surface area contributed by atoms with Gasteiger partial charge in [-0.25, -0.2) is 0 Å². The average Bonchev–Trinajstić information content (AvgIpc) is 3.45. The molecular weight excluding hydrogens is 308 g/mol. The van der Waals surface area contributed by atoms with Crippen molar-refractivity contribution in [1.29, 1.82) is 0 Å². The van der Waals surface area contributed by atoms with Crippen molar-refractivity contribution in [1.82, 2.24) is 10.6 Å². The Bertz CT molecular complexity index is 538. The number of hydrogen-bond acceptors (Lipinski definition) is 2. The molecule has 3 aliphatic rings. The lowest BCUT2D eigenvalue weighted by atomic mass is 9.91. The SMILES string of the molecule is Cl.O=C(NC(Cc1ccccc1)C1CC1)C1CC12CCNCC2. The summed E-state index contributed by atoms with van der Waals surface area (Å²) in [5.41, 5.74) is 1.68. The van der Waals surface area contributed by atoms with E-state index in [1.165, 1.54) is 31.2 Å². The number of nitrogens with one attached hydrogen (secondary N) is 2. The first-order valence-electron chi connectivity index (χ1n) is 8.82. The molecule has 1 aromatic rings. The van der Waals surface area contributed by atoms with Crippen molar-refractivity contribution >= 4 is 18.3 Å². The normalized spacial score (nSPS) is 26.2. The van der Waals surface area contributed by atoms with Crippen molar-refractivity contribution in [3.8, 4) is 0 Å². The molecule has 0 radical (unpaired) electrons. The molecule has 4 heteroatoms. The molecule has 23 heavy (non-hydrogen) atoms. The standard InChI is InChI=1S/C19H26N2O.ClH/c22-18(16-13-19(16)8-10-20-11-9-19)21-17(15-6-7-15)12-14-4-2-1-3-5-14;/h1-5,15-17,20H,6-13H2,(H,21,22);1H. The van der Waals surface area contributed by atoms with Crippen LogP contribution in [-0.4, -0.2) is 25.0 Å². The monoisotopic (exact) mass is 334 g/mol. The lowest BCUT2D eigenvalue weighted by molar-refractivity contribution is -0.124. The third-order valence-corrected chi connectivity index (χ3v) is 5.92.